The van der Waals surface area contributed by atoms with Crippen molar-refractivity contribution in [2.75, 3.05) is 14.2 Å². The van der Waals surface area contributed by atoms with Crippen molar-refractivity contribution in [2.45, 2.75) is 6.54 Å². The number of aromatic hydroxyl groups is 2. The molecule has 0 atom stereocenters. The number of amides is 1. The van der Waals surface area contributed by atoms with Crippen LogP contribution >= 0.6 is 0 Å². The molecule has 1 aromatic carbocycles. The number of benzene rings is 1. The maximum Gasteiger partial charge on any atom is 0.342 e. The van der Waals surface area contributed by atoms with Gasteiger partial charge in [-0.2, -0.15) is 0 Å². The summed E-state index contributed by atoms with van der Waals surface area (Å²) in [7, 11) is 2.72. The Morgan fingerprint density at radius 1 is 1.41 bits per heavy atom. The molecule has 90 valence electrons. The second-order valence-corrected chi connectivity index (χ2v) is 3.80. The lowest BCUT2D eigenvalue weighted by Crippen LogP contribution is -2.17. The summed E-state index contributed by atoms with van der Waals surface area (Å²) in [5, 5.41) is 19.3. The van der Waals surface area contributed by atoms with Crippen LogP contribution < -0.4 is 0 Å². The van der Waals surface area contributed by atoms with E-state index >= 15 is 0 Å². The highest BCUT2D eigenvalue weighted by molar-refractivity contribution is 6.06. The zero-order valence-electron chi connectivity index (χ0n) is 9.35. The molecule has 0 spiro atoms. The first kappa shape index (κ1) is 11.3. The van der Waals surface area contributed by atoms with Crippen molar-refractivity contribution in [1.82, 2.24) is 4.90 Å². The molecule has 6 heteroatoms. The molecular formula is C11H11NO5. The van der Waals surface area contributed by atoms with Crippen molar-refractivity contribution in [1.29, 1.82) is 0 Å². The van der Waals surface area contributed by atoms with E-state index in [-0.39, 0.29) is 29.3 Å². The number of ether oxygens (including phenoxy) is 1. The van der Waals surface area contributed by atoms with E-state index in [0.29, 0.717) is 5.56 Å². The van der Waals surface area contributed by atoms with Gasteiger partial charge in [0.2, 0.25) is 0 Å². The quantitative estimate of drug-likeness (QED) is 0.693. The molecule has 0 aromatic heterocycles. The molecular weight excluding hydrogens is 226 g/mol. The normalized spacial score (nSPS) is 13.8. The lowest BCUT2D eigenvalue weighted by atomic mass is 10.0. The highest BCUT2D eigenvalue weighted by Gasteiger charge is 2.34. The van der Waals surface area contributed by atoms with Gasteiger partial charge in [0.25, 0.3) is 5.91 Å². The first-order valence-corrected chi connectivity index (χ1v) is 4.89. The predicted molar refractivity (Wildman–Crippen MR) is 56.9 cm³/mol. The summed E-state index contributed by atoms with van der Waals surface area (Å²) < 4.78 is 4.54. The number of phenolic OH excluding ortho intramolecular Hbond substituents is 2. The molecule has 0 saturated carbocycles. The van der Waals surface area contributed by atoms with Gasteiger partial charge in [0.05, 0.1) is 12.7 Å². The molecule has 0 aliphatic carbocycles. The molecule has 0 radical (unpaired) electrons. The van der Waals surface area contributed by atoms with Crippen molar-refractivity contribution in [3.63, 3.8) is 0 Å². The minimum absolute atomic E-state index is 0.0469. The van der Waals surface area contributed by atoms with Crippen molar-refractivity contribution in [2.24, 2.45) is 0 Å². The fraction of sp³-hybridized carbons (Fsp3) is 0.273. The Kier molecular flexibility index (Phi) is 2.42. The predicted octanol–water partition coefficient (Wildman–Crippen LogP) is 0.470. The van der Waals surface area contributed by atoms with Crippen LogP contribution in [-0.2, 0) is 11.3 Å². The number of esters is 1. The second-order valence-electron chi connectivity index (χ2n) is 3.80. The number of carbonyl (C=O) groups is 2. The average molecular weight is 237 g/mol. The Morgan fingerprint density at radius 3 is 2.65 bits per heavy atom. The molecule has 1 heterocycles. The van der Waals surface area contributed by atoms with Crippen LogP contribution in [0.4, 0.5) is 0 Å². The SMILES string of the molecule is COC(=O)c1c(O)cc(O)c2c1CN(C)C2=O. The third kappa shape index (κ3) is 1.49. The summed E-state index contributed by atoms with van der Waals surface area (Å²) in [5.74, 6) is -1.85. The van der Waals surface area contributed by atoms with Crippen LogP contribution in [0.5, 0.6) is 11.5 Å². The molecule has 6 nitrogen and oxygen atoms in total. The second kappa shape index (κ2) is 3.65. The van der Waals surface area contributed by atoms with E-state index in [1.165, 1.54) is 12.0 Å². The lowest BCUT2D eigenvalue weighted by Gasteiger charge is -2.08. The largest absolute Gasteiger partial charge is 0.507 e. The molecule has 2 rings (SSSR count). The Bertz CT molecular complexity index is 523. The number of hydrogen-bond donors (Lipinski definition) is 2. The summed E-state index contributed by atoms with van der Waals surface area (Å²) in [5.41, 5.74) is 0.269. The Balaban J connectivity index is 2.72. The fourth-order valence-electron chi connectivity index (χ4n) is 1.93. The number of fused-ring (bicyclic) bond motifs is 1. The summed E-state index contributed by atoms with van der Waals surface area (Å²) in [4.78, 5) is 24.6. The minimum Gasteiger partial charge on any atom is -0.507 e. The standard InChI is InChI=1S/C11H11NO5/c1-12-4-5-8(10(12)15)6(13)3-7(14)9(5)11(16)17-2/h3,13-14H,4H2,1-2H3. The van der Waals surface area contributed by atoms with E-state index in [0.717, 1.165) is 6.07 Å². The van der Waals surface area contributed by atoms with Crippen LogP contribution in [0.2, 0.25) is 0 Å². The van der Waals surface area contributed by atoms with E-state index in [9.17, 15) is 19.8 Å². The highest BCUT2D eigenvalue weighted by Crippen LogP contribution is 2.37. The van der Waals surface area contributed by atoms with Crippen molar-refractivity contribution in [3.05, 3.63) is 22.8 Å². The molecule has 1 aliphatic heterocycles. The molecule has 1 aliphatic rings. The zero-order valence-corrected chi connectivity index (χ0v) is 9.35. The maximum atomic E-state index is 11.7. The van der Waals surface area contributed by atoms with Gasteiger partial charge in [0.15, 0.2) is 0 Å². The van der Waals surface area contributed by atoms with Crippen LogP contribution in [0.3, 0.4) is 0 Å². The summed E-state index contributed by atoms with van der Waals surface area (Å²) in [6, 6.07) is 0.974. The van der Waals surface area contributed by atoms with Gasteiger partial charge in [0, 0.05) is 25.2 Å². The molecule has 1 aromatic rings. The average Bonchev–Trinajstić information content (AvgIpc) is 2.55. The van der Waals surface area contributed by atoms with Crippen molar-refractivity contribution in [3.8, 4) is 11.5 Å². The molecule has 0 fully saturated rings. The summed E-state index contributed by atoms with van der Waals surface area (Å²) in [6.45, 7) is 0.153. The van der Waals surface area contributed by atoms with E-state index in [4.69, 9.17) is 0 Å². The number of rotatable bonds is 1. The van der Waals surface area contributed by atoms with Gasteiger partial charge in [-0.1, -0.05) is 0 Å². The molecule has 0 saturated heterocycles. The van der Waals surface area contributed by atoms with Crippen LogP contribution in [0.25, 0.3) is 0 Å². The van der Waals surface area contributed by atoms with Crippen LogP contribution in [0.15, 0.2) is 6.07 Å². The van der Waals surface area contributed by atoms with Gasteiger partial charge in [-0.25, -0.2) is 4.79 Å². The third-order valence-corrected chi connectivity index (χ3v) is 2.73. The fourth-order valence-corrected chi connectivity index (χ4v) is 1.93. The van der Waals surface area contributed by atoms with Crippen LogP contribution in [0, 0.1) is 0 Å². The Labute approximate surface area is 97.0 Å². The molecule has 17 heavy (non-hydrogen) atoms. The van der Waals surface area contributed by atoms with E-state index < -0.39 is 11.7 Å². The van der Waals surface area contributed by atoms with Gasteiger partial charge in [-0.3, -0.25) is 4.79 Å². The van der Waals surface area contributed by atoms with Crippen LogP contribution in [0.1, 0.15) is 26.3 Å². The maximum absolute atomic E-state index is 11.7. The Hall–Kier alpha value is -2.24. The van der Waals surface area contributed by atoms with Crippen LogP contribution in [-0.4, -0.2) is 41.1 Å². The zero-order chi connectivity index (χ0) is 12.7. The van der Waals surface area contributed by atoms with Crippen molar-refractivity contribution >= 4 is 11.9 Å². The number of carbonyl (C=O) groups excluding carboxylic acids is 2. The van der Waals surface area contributed by atoms with E-state index in [1.54, 1.807) is 7.05 Å². The number of hydrogen-bond acceptors (Lipinski definition) is 5. The monoisotopic (exact) mass is 237 g/mol. The Morgan fingerprint density at radius 2 is 2.06 bits per heavy atom. The minimum atomic E-state index is -0.734. The summed E-state index contributed by atoms with van der Waals surface area (Å²) in [6.07, 6.45) is 0. The molecule has 0 bridgehead atoms. The summed E-state index contributed by atoms with van der Waals surface area (Å²) >= 11 is 0. The number of nitrogens with zero attached hydrogens (tertiary/aromatic N) is 1. The number of phenols is 2. The number of methoxy groups -OCH3 is 1. The van der Waals surface area contributed by atoms with E-state index in [1.807, 2.05) is 0 Å². The van der Waals surface area contributed by atoms with Crippen molar-refractivity contribution < 1.29 is 24.5 Å². The topological polar surface area (TPSA) is 87.1 Å². The van der Waals surface area contributed by atoms with E-state index in [2.05, 4.69) is 4.74 Å². The van der Waals surface area contributed by atoms with Gasteiger partial charge < -0.3 is 19.8 Å². The molecule has 2 N–H and O–H groups in total. The first-order chi connectivity index (χ1) is 7.97. The van der Waals surface area contributed by atoms with Gasteiger partial charge in [-0.15, -0.1) is 0 Å². The van der Waals surface area contributed by atoms with Gasteiger partial charge in [0.1, 0.15) is 17.1 Å². The van der Waals surface area contributed by atoms with Gasteiger partial charge >= 0.3 is 5.97 Å². The highest BCUT2D eigenvalue weighted by atomic mass is 16.5. The smallest absolute Gasteiger partial charge is 0.342 e. The molecule has 0 unspecified atom stereocenters. The molecule has 1 amide bonds. The van der Waals surface area contributed by atoms with Gasteiger partial charge in [-0.05, 0) is 0 Å². The lowest BCUT2D eigenvalue weighted by molar-refractivity contribution is 0.0595. The third-order valence-electron chi connectivity index (χ3n) is 2.73. The first-order valence-electron chi connectivity index (χ1n) is 4.89.